The molecule has 0 fully saturated rings. The van der Waals surface area contributed by atoms with Crippen LogP contribution in [0.4, 0.5) is 11.4 Å². The lowest BCUT2D eigenvalue weighted by Gasteiger charge is -2.13. The van der Waals surface area contributed by atoms with E-state index >= 15 is 0 Å². The second-order valence-electron chi connectivity index (χ2n) is 5.91. The van der Waals surface area contributed by atoms with Gasteiger partial charge < -0.3 is 29.5 Å². The maximum Gasteiger partial charge on any atom is 0.323 e. The first-order valence-electron chi connectivity index (χ1n) is 8.44. The van der Waals surface area contributed by atoms with Gasteiger partial charge in [-0.1, -0.05) is 0 Å². The molecule has 3 aromatic rings. The molecule has 1 aromatic heterocycles. The number of anilines is 1. The molecule has 0 unspecified atom stereocenters. The first kappa shape index (κ1) is 19.9. The largest absolute Gasteiger partial charge is 0.493 e. The van der Waals surface area contributed by atoms with Crippen molar-refractivity contribution in [3.63, 3.8) is 0 Å². The topological polar surface area (TPSA) is 149 Å². The van der Waals surface area contributed by atoms with Crippen molar-refractivity contribution in [1.29, 1.82) is 0 Å². The predicted octanol–water partition coefficient (Wildman–Crippen LogP) is 2.05. The summed E-state index contributed by atoms with van der Waals surface area (Å²) in [7, 11) is 2.86. The Morgan fingerprint density at radius 1 is 1.10 bits per heavy atom. The van der Waals surface area contributed by atoms with Crippen molar-refractivity contribution in [2.45, 2.75) is 0 Å². The Morgan fingerprint density at radius 3 is 2.55 bits per heavy atom. The molecule has 0 atom stereocenters. The molecule has 3 N–H and O–H groups in total. The number of hydrogen-bond donors (Lipinski definition) is 3. The predicted molar refractivity (Wildman–Crippen MR) is 104 cm³/mol. The number of methoxy groups -OCH3 is 2. The molecule has 0 aliphatic carbocycles. The number of aromatic amines is 2. The molecule has 0 spiro atoms. The number of nitrogens with one attached hydrogen (secondary N) is 3. The number of nitro groups is 1. The van der Waals surface area contributed by atoms with E-state index in [-0.39, 0.29) is 36.0 Å². The average molecular weight is 402 g/mol. The highest BCUT2D eigenvalue weighted by Gasteiger charge is 2.25. The van der Waals surface area contributed by atoms with E-state index in [2.05, 4.69) is 15.3 Å². The molecule has 0 aliphatic rings. The van der Waals surface area contributed by atoms with Gasteiger partial charge in [0.05, 0.1) is 35.7 Å². The summed E-state index contributed by atoms with van der Waals surface area (Å²) in [4.78, 5) is 40.0. The number of fused-ring (bicyclic) bond motifs is 1. The van der Waals surface area contributed by atoms with E-state index in [4.69, 9.17) is 14.2 Å². The average Bonchev–Trinajstić information content (AvgIpc) is 3.06. The molecule has 3 rings (SSSR count). The molecule has 11 nitrogen and oxygen atoms in total. The van der Waals surface area contributed by atoms with Gasteiger partial charge in [0, 0.05) is 18.9 Å². The summed E-state index contributed by atoms with van der Waals surface area (Å²) in [6.07, 6.45) is 0. The van der Waals surface area contributed by atoms with E-state index in [1.165, 1.54) is 26.4 Å². The van der Waals surface area contributed by atoms with E-state index in [1.54, 1.807) is 12.1 Å². The van der Waals surface area contributed by atoms with Crippen LogP contribution in [0, 0.1) is 10.1 Å². The Labute approximate surface area is 163 Å². The summed E-state index contributed by atoms with van der Waals surface area (Å²) in [5.41, 5.74) is 0.389. The van der Waals surface area contributed by atoms with Crippen molar-refractivity contribution in [3.05, 3.63) is 56.5 Å². The van der Waals surface area contributed by atoms with Crippen molar-refractivity contribution in [1.82, 2.24) is 9.97 Å². The zero-order chi connectivity index (χ0) is 21.0. The smallest absolute Gasteiger partial charge is 0.323 e. The maximum absolute atomic E-state index is 12.7. The molecule has 0 bridgehead atoms. The van der Waals surface area contributed by atoms with Crippen molar-refractivity contribution in [3.8, 4) is 11.5 Å². The molecule has 11 heteroatoms. The molecule has 0 radical (unpaired) electrons. The lowest BCUT2D eigenvalue weighted by Crippen LogP contribution is -2.15. The van der Waals surface area contributed by atoms with Crippen molar-refractivity contribution < 1.29 is 23.9 Å². The summed E-state index contributed by atoms with van der Waals surface area (Å²) in [5.74, 6) is -0.419. The molecule has 0 saturated carbocycles. The van der Waals surface area contributed by atoms with Crippen LogP contribution < -0.4 is 20.5 Å². The number of aromatic nitrogens is 2. The first-order valence-corrected chi connectivity index (χ1v) is 8.44. The Balaban J connectivity index is 1.92. The monoisotopic (exact) mass is 402 g/mol. The number of nitro benzene ring substituents is 1. The van der Waals surface area contributed by atoms with Crippen LogP contribution in [0.2, 0.25) is 0 Å². The highest BCUT2D eigenvalue weighted by molar-refractivity contribution is 6.08. The normalized spacial score (nSPS) is 10.7. The summed E-state index contributed by atoms with van der Waals surface area (Å²) in [6, 6.07) is 7.08. The zero-order valence-corrected chi connectivity index (χ0v) is 15.6. The Kier molecular flexibility index (Phi) is 5.79. The van der Waals surface area contributed by atoms with E-state index in [1.807, 2.05) is 0 Å². The van der Waals surface area contributed by atoms with E-state index in [9.17, 15) is 19.7 Å². The lowest BCUT2D eigenvalue weighted by molar-refractivity contribution is -0.385. The van der Waals surface area contributed by atoms with Gasteiger partial charge in [-0.15, -0.1) is 0 Å². The van der Waals surface area contributed by atoms with E-state index < -0.39 is 16.5 Å². The summed E-state index contributed by atoms with van der Waals surface area (Å²) in [6.45, 7) is 0.438. The maximum atomic E-state index is 12.7. The van der Waals surface area contributed by atoms with Crippen LogP contribution in [0.25, 0.3) is 11.0 Å². The molecule has 1 heterocycles. The third-order valence-electron chi connectivity index (χ3n) is 4.04. The molecule has 1 amide bonds. The van der Waals surface area contributed by atoms with Gasteiger partial charge in [0.15, 0.2) is 11.5 Å². The van der Waals surface area contributed by atoms with Crippen LogP contribution in [-0.2, 0) is 4.74 Å². The lowest BCUT2D eigenvalue weighted by atomic mass is 10.1. The molecule has 0 aliphatic heterocycles. The standard InChI is InChI=1S/C18H18N4O7/c1-27-5-6-29-16-9-14(22(25)26)11(8-15(16)28-2)17(23)19-10-3-4-12-13(7-10)21-18(24)20-12/h3-4,7-9H,5-6H2,1-2H3,(H,19,23)(H2,20,21,24). The van der Waals surface area contributed by atoms with Gasteiger partial charge in [-0.2, -0.15) is 0 Å². The fourth-order valence-electron chi connectivity index (χ4n) is 2.70. The van der Waals surface area contributed by atoms with Gasteiger partial charge in [0.1, 0.15) is 12.2 Å². The van der Waals surface area contributed by atoms with Crippen LogP contribution in [0.15, 0.2) is 35.1 Å². The van der Waals surface area contributed by atoms with Gasteiger partial charge in [-0.25, -0.2) is 4.79 Å². The number of imidazole rings is 1. The molecule has 152 valence electrons. The number of H-pyrrole nitrogens is 2. The molecule has 0 saturated heterocycles. The van der Waals surface area contributed by atoms with Crippen LogP contribution >= 0.6 is 0 Å². The number of hydrogen-bond acceptors (Lipinski definition) is 7. The highest BCUT2D eigenvalue weighted by Crippen LogP contribution is 2.35. The van der Waals surface area contributed by atoms with Crippen molar-refractivity contribution in [2.75, 3.05) is 32.8 Å². The van der Waals surface area contributed by atoms with Crippen molar-refractivity contribution in [2.24, 2.45) is 0 Å². The van der Waals surface area contributed by atoms with Gasteiger partial charge in [-0.3, -0.25) is 14.9 Å². The van der Waals surface area contributed by atoms with Gasteiger partial charge in [0.25, 0.3) is 11.6 Å². The third-order valence-corrected chi connectivity index (χ3v) is 4.04. The number of amides is 1. The number of rotatable bonds is 8. The summed E-state index contributed by atoms with van der Waals surface area (Å²) in [5, 5.41) is 14.1. The summed E-state index contributed by atoms with van der Waals surface area (Å²) >= 11 is 0. The van der Waals surface area contributed by atoms with Gasteiger partial charge in [0.2, 0.25) is 0 Å². The number of ether oxygens (including phenoxy) is 3. The van der Waals surface area contributed by atoms with Crippen LogP contribution in [0.5, 0.6) is 11.5 Å². The van der Waals surface area contributed by atoms with Gasteiger partial charge >= 0.3 is 5.69 Å². The van der Waals surface area contributed by atoms with Crippen molar-refractivity contribution >= 4 is 28.3 Å². The van der Waals surface area contributed by atoms with Gasteiger partial charge in [-0.05, 0) is 18.2 Å². The number of nitrogens with zero attached hydrogens (tertiary/aromatic N) is 1. The number of carbonyl (C=O) groups excluding carboxylic acids is 1. The molecule has 29 heavy (non-hydrogen) atoms. The van der Waals surface area contributed by atoms with Crippen LogP contribution in [-0.4, -0.2) is 48.2 Å². The molecule has 2 aromatic carbocycles. The van der Waals surface area contributed by atoms with E-state index in [0.717, 1.165) is 6.07 Å². The third kappa shape index (κ3) is 4.35. The Bertz CT molecular complexity index is 1120. The fraction of sp³-hybridized carbons (Fsp3) is 0.222. The minimum Gasteiger partial charge on any atom is -0.493 e. The Hall–Kier alpha value is -3.86. The first-order chi connectivity index (χ1) is 13.9. The SMILES string of the molecule is COCCOc1cc([N+](=O)[O-])c(C(=O)Nc2ccc3[nH]c(=O)[nH]c3c2)cc1OC. The van der Waals surface area contributed by atoms with Crippen LogP contribution in [0.3, 0.4) is 0 Å². The highest BCUT2D eigenvalue weighted by atomic mass is 16.6. The number of carbonyl (C=O) groups is 1. The molecular weight excluding hydrogens is 384 g/mol. The number of benzene rings is 2. The summed E-state index contributed by atoms with van der Waals surface area (Å²) < 4.78 is 15.5. The minimum atomic E-state index is -0.712. The fourth-order valence-corrected chi connectivity index (χ4v) is 2.70. The van der Waals surface area contributed by atoms with E-state index in [0.29, 0.717) is 16.7 Å². The minimum absolute atomic E-state index is 0.124. The Morgan fingerprint density at radius 2 is 1.86 bits per heavy atom. The second kappa shape index (κ2) is 8.44. The molecular formula is C18H18N4O7. The van der Waals surface area contributed by atoms with Crippen LogP contribution in [0.1, 0.15) is 10.4 Å². The quantitative estimate of drug-likeness (QED) is 0.296. The second-order valence-corrected chi connectivity index (χ2v) is 5.91. The zero-order valence-electron chi connectivity index (χ0n) is 15.6.